The number of hydrogen-bond acceptors (Lipinski definition) is 5. The number of aryl methyl sites for hydroxylation is 3. The van der Waals surface area contributed by atoms with Gasteiger partial charge in [-0.2, -0.15) is 0 Å². The zero-order valence-electron chi connectivity index (χ0n) is 17.9. The molecule has 2 aliphatic rings. The first-order valence-electron chi connectivity index (χ1n) is 10.6. The third kappa shape index (κ3) is 3.28. The molecular formula is C26H23NO5. The summed E-state index contributed by atoms with van der Waals surface area (Å²) < 4.78 is 11.3. The van der Waals surface area contributed by atoms with E-state index in [1.54, 1.807) is 24.3 Å². The Morgan fingerprint density at radius 1 is 1.06 bits per heavy atom. The summed E-state index contributed by atoms with van der Waals surface area (Å²) in [4.78, 5) is 27.8. The lowest BCUT2D eigenvalue weighted by Gasteiger charge is -2.24. The largest absolute Gasteiger partial charge is 0.507 e. The van der Waals surface area contributed by atoms with Crippen LogP contribution in [0.15, 0.2) is 64.8 Å². The fourth-order valence-corrected chi connectivity index (χ4v) is 4.57. The van der Waals surface area contributed by atoms with Crippen molar-refractivity contribution in [3.8, 4) is 5.75 Å². The number of nitrogens with zero attached hydrogens (tertiary/aromatic N) is 1. The van der Waals surface area contributed by atoms with Gasteiger partial charge in [0.2, 0.25) is 0 Å². The number of ketones is 1. The van der Waals surface area contributed by atoms with Gasteiger partial charge in [0.05, 0.1) is 18.4 Å². The van der Waals surface area contributed by atoms with Gasteiger partial charge in [-0.15, -0.1) is 0 Å². The topological polar surface area (TPSA) is 80.0 Å². The lowest BCUT2D eigenvalue weighted by atomic mass is 9.96. The monoisotopic (exact) mass is 429 g/mol. The van der Waals surface area contributed by atoms with Gasteiger partial charge >= 0.3 is 0 Å². The molecule has 5 rings (SSSR count). The summed E-state index contributed by atoms with van der Waals surface area (Å²) in [6.45, 7) is 4.53. The van der Waals surface area contributed by atoms with E-state index in [4.69, 9.17) is 9.15 Å². The summed E-state index contributed by atoms with van der Waals surface area (Å²) in [5, 5.41) is 11.3. The minimum absolute atomic E-state index is 0.0146. The molecule has 0 spiro atoms. The molecular weight excluding hydrogens is 406 g/mol. The van der Waals surface area contributed by atoms with Crippen LogP contribution in [0.4, 0.5) is 5.69 Å². The molecule has 6 nitrogen and oxygen atoms in total. The van der Waals surface area contributed by atoms with Crippen molar-refractivity contribution in [3.63, 3.8) is 0 Å². The van der Waals surface area contributed by atoms with Crippen LogP contribution in [0.1, 0.15) is 40.5 Å². The van der Waals surface area contributed by atoms with Gasteiger partial charge in [-0.3, -0.25) is 14.5 Å². The number of carbonyl (C=O) groups excluding carboxylic acids is 2. The van der Waals surface area contributed by atoms with Crippen LogP contribution >= 0.6 is 0 Å². The van der Waals surface area contributed by atoms with E-state index in [0.717, 1.165) is 35.3 Å². The van der Waals surface area contributed by atoms with Crippen LogP contribution in [0.3, 0.4) is 0 Å². The van der Waals surface area contributed by atoms with Gasteiger partial charge in [0.15, 0.2) is 0 Å². The smallest absolute Gasteiger partial charge is 0.300 e. The molecule has 1 unspecified atom stereocenters. The summed E-state index contributed by atoms with van der Waals surface area (Å²) in [5.74, 6) is -0.460. The Kier molecular flexibility index (Phi) is 4.85. The van der Waals surface area contributed by atoms with Gasteiger partial charge in [-0.05, 0) is 85.8 Å². The summed E-state index contributed by atoms with van der Waals surface area (Å²) in [5.41, 5.74) is 3.98. The lowest BCUT2D eigenvalue weighted by molar-refractivity contribution is -0.132. The summed E-state index contributed by atoms with van der Waals surface area (Å²) in [7, 11) is 0. The molecule has 1 amide bonds. The summed E-state index contributed by atoms with van der Waals surface area (Å²) >= 11 is 0. The number of benzene rings is 2. The van der Waals surface area contributed by atoms with Crippen LogP contribution in [0.5, 0.6) is 5.75 Å². The quantitative estimate of drug-likeness (QED) is 0.366. The van der Waals surface area contributed by atoms with Crippen molar-refractivity contribution in [1.29, 1.82) is 0 Å². The SMILES string of the molecule is Cc1cc(C)cc(N2C(=O)C(=O)/C(=C(\O)c3ccc4c(c3)CCCO4)C2c2ccco2)c1. The first-order valence-corrected chi connectivity index (χ1v) is 10.6. The Balaban J connectivity index is 1.68. The summed E-state index contributed by atoms with van der Waals surface area (Å²) in [6.07, 6.45) is 3.21. The zero-order valence-corrected chi connectivity index (χ0v) is 17.9. The van der Waals surface area contributed by atoms with Crippen LogP contribution in [0, 0.1) is 13.8 Å². The lowest BCUT2D eigenvalue weighted by Crippen LogP contribution is -2.29. The molecule has 1 saturated heterocycles. The molecule has 6 heteroatoms. The minimum atomic E-state index is -0.863. The van der Waals surface area contributed by atoms with E-state index in [0.29, 0.717) is 23.6 Å². The van der Waals surface area contributed by atoms with Crippen molar-refractivity contribution in [1.82, 2.24) is 0 Å². The van der Waals surface area contributed by atoms with Crippen molar-refractivity contribution < 1.29 is 23.8 Å². The Bertz CT molecular complexity index is 1230. The second-order valence-corrected chi connectivity index (χ2v) is 8.30. The molecule has 1 fully saturated rings. The fourth-order valence-electron chi connectivity index (χ4n) is 4.57. The number of rotatable bonds is 3. The Morgan fingerprint density at radius 2 is 1.84 bits per heavy atom. The van der Waals surface area contributed by atoms with E-state index < -0.39 is 17.7 Å². The van der Waals surface area contributed by atoms with E-state index in [1.165, 1.54) is 11.2 Å². The van der Waals surface area contributed by atoms with Gasteiger partial charge in [-0.25, -0.2) is 0 Å². The maximum absolute atomic E-state index is 13.2. The van der Waals surface area contributed by atoms with Gasteiger partial charge in [-0.1, -0.05) is 6.07 Å². The highest BCUT2D eigenvalue weighted by atomic mass is 16.5. The Hall–Kier alpha value is -3.80. The van der Waals surface area contributed by atoms with Crippen molar-refractivity contribution >= 4 is 23.1 Å². The number of ether oxygens (including phenoxy) is 1. The molecule has 1 atom stereocenters. The Morgan fingerprint density at radius 3 is 2.56 bits per heavy atom. The molecule has 3 aromatic rings. The predicted octanol–water partition coefficient (Wildman–Crippen LogP) is 4.85. The van der Waals surface area contributed by atoms with E-state index in [9.17, 15) is 14.7 Å². The van der Waals surface area contributed by atoms with E-state index in [1.807, 2.05) is 38.1 Å². The van der Waals surface area contributed by atoms with Crippen molar-refractivity contribution in [2.24, 2.45) is 0 Å². The fraction of sp³-hybridized carbons (Fsp3) is 0.231. The van der Waals surface area contributed by atoms with Gasteiger partial charge in [0, 0.05) is 11.3 Å². The number of carbonyl (C=O) groups is 2. The average molecular weight is 429 g/mol. The number of hydrogen-bond donors (Lipinski definition) is 1. The molecule has 0 radical (unpaired) electrons. The van der Waals surface area contributed by atoms with Crippen molar-refractivity contribution in [2.75, 3.05) is 11.5 Å². The minimum Gasteiger partial charge on any atom is -0.507 e. The molecule has 162 valence electrons. The van der Waals surface area contributed by atoms with E-state index in [-0.39, 0.29) is 11.3 Å². The van der Waals surface area contributed by atoms with Gasteiger partial charge in [0.25, 0.3) is 11.7 Å². The van der Waals surface area contributed by atoms with E-state index in [2.05, 4.69) is 0 Å². The number of amides is 1. The maximum Gasteiger partial charge on any atom is 0.300 e. The number of fused-ring (bicyclic) bond motifs is 1. The molecule has 0 aliphatic carbocycles. The molecule has 0 saturated carbocycles. The third-order valence-electron chi connectivity index (χ3n) is 5.92. The zero-order chi connectivity index (χ0) is 22.4. The molecule has 1 aromatic heterocycles. The number of Topliss-reactive ketones (excluding diaryl/α,β-unsaturated/α-hetero) is 1. The number of anilines is 1. The number of aliphatic hydroxyl groups excluding tert-OH is 1. The molecule has 2 aliphatic heterocycles. The molecule has 32 heavy (non-hydrogen) atoms. The molecule has 2 aromatic carbocycles. The summed E-state index contributed by atoms with van der Waals surface area (Å²) in [6, 6.07) is 13.6. The standard InChI is InChI=1S/C26H23NO5/c1-15-11-16(2)13-19(12-15)27-23(21-6-4-10-32-21)22(25(29)26(27)30)24(28)18-7-8-20-17(14-18)5-3-9-31-20/h4,6-8,10-14,23,28H,3,5,9H2,1-2H3/b24-22-. The normalized spacial score (nSPS) is 19.7. The Labute approximate surface area is 185 Å². The second-order valence-electron chi connectivity index (χ2n) is 8.30. The van der Waals surface area contributed by atoms with Gasteiger partial charge < -0.3 is 14.3 Å². The highest BCUT2D eigenvalue weighted by Crippen LogP contribution is 2.43. The van der Waals surface area contributed by atoms with Crippen molar-refractivity contribution in [3.05, 3.63) is 88.4 Å². The predicted molar refractivity (Wildman–Crippen MR) is 120 cm³/mol. The first kappa shape index (κ1) is 20.1. The number of aliphatic hydroxyl groups is 1. The number of furan rings is 1. The molecule has 3 heterocycles. The van der Waals surface area contributed by atoms with Gasteiger partial charge in [0.1, 0.15) is 23.3 Å². The molecule has 1 N–H and O–H groups in total. The highest BCUT2D eigenvalue weighted by molar-refractivity contribution is 6.51. The molecule has 0 bridgehead atoms. The average Bonchev–Trinajstić information content (AvgIpc) is 3.39. The van der Waals surface area contributed by atoms with E-state index >= 15 is 0 Å². The van der Waals surface area contributed by atoms with Crippen molar-refractivity contribution in [2.45, 2.75) is 32.7 Å². The first-order chi connectivity index (χ1) is 15.4. The van der Waals surface area contributed by atoms with Crippen LogP contribution in [0.2, 0.25) is 0 Å². The van der Waals surface area contributed by atoms with Crippen LogP contribution in [0.25, 0.3) is 5.76 Å². The van der Waals surface area contributed by atoms with Crippen LogP contribution in [-0.4, -0.2) is 23.4 Å². The third-order valence-corrected chi connectivity index (χ3v) is 5.92. The maximum atomic E-state index is 13.2. The van der Waals surface area contributed by atoms with Crippen LogP contribution in [-0.2, 0) is 16.0 Å². The second kappa shape index (κ2) is 7.71. The van der Waals surface area contributed by atoms with Crippen LogP contribution < -0.4 is 9.64 Å². The highest BCUT2D eigenvalue weighted by Gasteiger charge is 2.48.